The van der Waals surface area contributed by atoms with Gasteiger partial charge in [0, 0.05) is 31.7 Å². The van der Waals surface area contributed by atoms with Crippen LogP contribution in [0.4, 0.5) is 11.4 Å². The van der Waals surface area contributed by atoms with Gasteiger partial charge in [0.25, 0.3) is 0 Å². The maximum atomic E-state index is 12.3. The van der Waals surface area contributed by atoms with Crippen LogP contribution in [-0.2, 0) is 16.0 Å². The maximum Gasteiger partial charge on any atom is 0.313 e. The maximum absolute atomic E-state index is 12.3. The molecule has 1 aliphatic heterocycles. The number of rotatable bonds is 6. The van der Waals surface area contributed by atoms with E-state index in [1.165, 1.54) is 16.8 Å². The minimum Gasteiger partial charge on any atom is -0.466 e. The van der Waals surface area contributed by atoms with E-state index in [0.29, 0.717) is 19.2 Å². The summed E-state index contributed by atoms with van der Waals surface area (Å²) >= 11 is 0. The molecule has 1 atom stereocenters. The lowest BCUT2D eigenvalue weighted by molar-refractivity contribution is -0.159. The van der Waals surface area contributed by atoms with E-state index in [1.807, 2.05) is 19.3 Å². The number of ether oxygens (including phenoxy) is 1. The van der Waals surface area contributed by atoms with Crippen LogP contribution in [0.5, 0.6) is 0 Å². The molecule has 0 radical (unpaired) electrons. The zero-order valence-corrected chi connectivity index (χ0v) is 16.1. The van der Waals surface area contributed by atoms with Crippen molar-refractivity contribution >= 4 is 17.3 Å². The van der Waals surface area contributed by atoms with Gasteiger partial charge in [0.05, 0.1) is 23.8 Å². The number of para-hydroxylation sites is 1. The Balaban J connectivity index is 1.47. The van der Waals surface area contributed by atoms with Crippen LogP contribution in [-0.4, -0.2) is 31.2 Å². The van der Waals surface area contributed by atoms with Crippen LogP contribution in [0.3, 0.4) is 0 Å². The van der Waals surface area contributed by atoms with Gasteiger partial charge in [-0.05, 0) is 49.4 Å². The topological polar surface area (TPSA) is 54.5 Å². The van der Waals surface area contributed by atoms with Crippen molar-refractivity contribution in [1.82, 2.24) is 4.98 Å². The number of fused-ring (bicyclic) bond motifs is 1. The van der Waals surface area contributed by atoms with Crippen molar-refractivity contribution in [2.75, 3.05) is 30.4 Å². The molecule has 5 nitrogen and oxygen atoms in total. The molecule has 5 heteroatoms. The van der Waals surface area contributed by atoms with Crippen molar-refractivity contribution in [3.63, 3.8) is 0 Å². The van der Waals surface area contributed by atoms with Crippen molar-refractivity contribution in [1.29, 1.82) is 0 Å². The number of benzene rings is 1. The highest BCUT2D eigenvalue weighted by atomic mass is 16.5. The van der Waals surface area contributed by atoms with Gasteiger partial charge in [-0.15, -0.1) is 0 Å². The number of likely N-dealkylation sites (N-methyl/N-ethyl adjacent to an activating group) is 1. The van der Waals surface area contributed by atoms with E-state index in [9.17, 15) is 4.79 Å². The minimum atomic E-state index is -0.369. The Kier molecular flexibility index (Phi) is 4.77. The zero-order chi connectivity index (χ0) is 18.9. The van der Waals surface area contributed by atoms with Gasteiger partial charge >= 0.3 is 5.97 Å². The Morgan fingerprint density at radius 3 is 2.85 bits per heavy atom. The van der Waals surface area contributed by atoms with Gasteiger partial charge in [0.2, 0.25) is 0 Å². The Bertz CT molecular complexity index is 832. The van der Waals surface area contributed by atoms with Crippen LogP contribution in [0, 0.1) is 5.41 Å². The molecule has 1 aromatic carbocycles. The first-order valence-corrected chi connectivity index (χ1v) is 9.80. The fourth-order valence-corrected chi connectivity index (χ4v) is 4.23. The summed E-state index contributed by atoms with van der Waals surface area (Å²) in [5.74, 6) is -0.0705. The highest BCUT2D eigenvalue weighted by molar-refractivity contribution is 5.78. The molecular weight excluding hydrogens is 338 g/mol. The fourth-order valence-electron chi connectivity index (χ4n) is 4.23. The predicted molar refractivity (Wildman–Crippen MR) is 107 cm³/mol. The van der Waals surface area contributed by atoms with Gasteiger partial charge in [-0.25, -0.2) is 0 Å². The number of pyridine rings is 1. The third kappa shape index (κ3) is 3.27. The molecular formula is C22H27N3O2. The summed E-state index contributed by atoms with van der Waals surface area (Å²) in [7, 11) is 2.14. The van der Waals surface area contributed by atoms with E-state index in [1.54, 1.807) is 0 Å². The van der Waals surface area contributed by atoms with Crippen LogP contribution in [0.1, 0.15) is 43.4 Å². The molecule has 1 saturated carbocycles. The fraction of sp³-hybridized carbons (Fsp3) is 0.455. The second-order valence-corrected chi connectivity index (χ2v) is 7.67. The quantitative estimate of drug-likeness (QED) is 0.785. The van der Waals surface area contributed by atoms with Crippen molar-refractivity contribution in [3.05, 3.63) is 53.9 Å². The number of esters is 1. The number of hydrogen-bond donors (Lipinski definition) is 1. The van der Waals surface area contributed by atoms with E-state index in [-0.39, 0.29) is 11.4 Å². The number of hydrogen-bond acceptors (Lipinski definition) is 5. The normalized spacial score (nSPS) is 19.9. The molecule has 2 aromatic rings. The van der Waals surface area contributed by atoms with Crippen LogP contribution in [0.2, 0.25) is 0 Å². The second kappa shape index (κ2) is 7.22. The van der Waals surface area contributed by atoms with E-state index >= 15 is 0 Å². The van der Waals surface area contributed by atoms with Gasteiger partial charge in [-0.2, -0.15) is 0 Å². The first-order chi connectivity index (χ1) is 13.1. The van der Waals surface area contributed by atoms with E-state index in [2.05, 4.69) is 52.6 Å². The molecule has 4 rings (SSSR count). The van der Waals surface area contributed by atoms with Gasteiger partial charge in [0.15, 0.2) is 0 Å². The predicted octanol–water partition coefficient (Wildman–Crippen LogP) is 3.96. The third-order valence-electron chi connectivity index (χ3n) is 6.05. The molecule has 1 unspecified atom stereocenters. The SMILES string of the molecule is CCOC(=O)C1(CNc2cncc(C3Cc4ccccc4N3C)c2)CCC1. The molecule has 2 aliphatic rings. The monoisotopic (exact) mass is 365 g/mol. The van der Waals surface area contributed by atoms with E-state index in [4.69, 9.17) is 4.74 Å². The Morgan fingerprint density at radius 2 is 2.15 bits per heavy atom. The zero-order valence-electron chi connectivity index (χ0n) is 16.1. The summed E-state index contributed by atoms with van der Waals surface area (Å²) < 4.78 is 5.29. The van der Waals surface area contributed by atoms with Crippen molar-refractivity contribution in [2.24, 2.45) is 5.41 Å². The highest BCUT2D eigenvalue weighted by Gasteiger charge is 2.45. The smallest absolute Gasteiger partial charge is 0.313 e. The molecule has 0 saturated heterocycles. The Hall–Kier alpha value is -2.56. The molecule has 1 fully saturated rings. The number of anilines is 2. The molecule has 0 spiro atoms. The summed E-state index contributed by atoms with van der Waals surface area (Å²) in [4.78, 5) is 19.1. The molecule has 1 aromatic heterocycles. The molecule has 1 aliphatic carbocycles. The lowest BCUT2D eigenvalue weighted by Gasteiger charge is -2.39. The van der Waals surface area contributed by atoms with Gasteiger partial charge in [-0.3, -0.25) is 9.78 Å². The minimum absolute atomic E-state index is 0.0705. The molecule has 0 bridgehead atoms. The number of carbonyl (C=O) groups is 1. The van der Waals surface area contributed by atoms with Crippen LogP contribution in [0.15, 0.2) is 42.7 Å². The highest BCUT2D eigenvalue weighted by Crippen LogP contribution is 2.43. The van der Waals surface area contributed by atoms with E-state index < -0.39 is 0 Å². The number of aromatic nitrogens is 1. The first-order valence-electron chi connectivity index (χ1n) is 9.80. The van der Waals surface area contributed by atoms with Crippen LogP contribution >= 0.6 is 0 Å². The summed E-state index contributed by atoms with van der Waals surface area (Å²) in [5.41, 5.74) is 4.45. The van der Waals surface area contributed by atoms with Crippen LogP contribution in [0.25, 0.3) is 0 Å². The largest absolute Gasteiger partial charge is 0.466 e. The van der Waals surface area contributed by atoms with Gasteiger partial charge in [0.1, 0.15) is 0 Å². The van der Waals surface area contributed by atoms with Crippen molar-refractivity contribution in [3.8, 4) is 0 Å². The van der Waals surface area contributed by atoms with E-state index in [0.717, 1.165) is 31.4 Å². The standard InChI is InChI=1S/C22H27N3O2/c1-3-27-21(26)22(9-6-10-22)15-24-18-11-17(13-23-14-18)20-12-16-7-4-5-8-19(16)25(20)2/h4-5,7-8,11,13-14,20,24H,3,6,9-10,12,15H2,1-2H3. The average molecular weight is 365 g/mol. The summed E-state index contributed by atoms with van der Waals surface area (Å²) in [6.45, 7) is 2.91. The molecule has 2 heterocycles. The number of nitrogens with zero attached hydrogens (tertiary/aromatic N) is 2. The Labute approximate surface area is 160 Å². The second-order valence-electron chi connectivity index (χ2n) is 7.67. The third-order valence-corrected chi connectivity index (χ3v) is 6.05. The van der Waals surface area contributed by atoms with Gasteiger partial charge < -0.3 is 15.0 Å². The first kappa shape index (κ1) is 17.8. The molecule has 0 amide bonds. The summed E-state index contributed by atoms with van der Waals surface area (Å²) in [5, 5.41) is 3.44. The average Bonchev–Trinajstić information content (AvgIpc) is 2.98. The number of nitrogens with one attached hydrogen (secondary N) is 1. The van der Waals surface area contributed by atoms with Crippen molar-refractivity contribution < 1.29 is 9.53 Å². The van der Waals surface area contributed by atoms with Crippen molar-refractivity contribution in [2.45, 2.75) is 38.6 Å². The lowest BCUT2D eigenvalue weighted by Crippen LogP contribution is -2.45. The van der Waals surface area contributed by atoms with Crippen LogP contribution < -0.4 is 10.2 Å². The molecule has 142 valence electrons. The summed E-state index contributed by atoms with van der Waals surface area (Å²) in [6.07, 6.45) is 7.65. The number of carbonyl (C=O) groups excluding carboxylic acids is 1. The summed E-state index contributed by atoms with van der Waals surface area (Å²) in [6, 6.07) is 11.0. The lowest BCUT2D eigenvalue weighted by atomic mass is 9.68. The molecule has 1 N–H and O–H groups in total. The van der Waals surface area contributed by atoms with Gasteiger partial charge in [-0.1, -0.05) is 24.6 Å². The Morgan fingerprint density at radius 1 is 1.33 bits per heavy atom. The molecule has 27 heavy (non-hydrogen) atoms.